The fourth-order valence-corrected chi connectivity index (χ4v) is 5.45. The summed E-state index contributed by atoms with van der Waals surface area (Å²) in [5, 5.41) is 34.9. The molecule has 0 saturated carbocycles. The Balaban J connectivity index is 0.00000101. The number of azide groups is 1. The molecule has 3 heterocycles. The van der Waals surface area contributed by atoms with E-state index >= 15 is 0 Å². The molecule has 3 fully saturated rings. The second kappa shape index (κ2) is 15.6. The summed E-state index contributed by atoms with van der Waals surface area (Å²) in [6.07, 6.45) is -7.81. The molecule has 13 atom stereocenters. The quantitative estimate of drug-likeness (QED) is 0.176. The van der Waals surface area contributed by atoms with Gasteiger partial charge in [-0.25, -0.2) is 0 Å². The predicted molar refractivity (Wildman–Crippen MR) is 121 cm³/mol. The first kappa shape index (κ1) is 30.7. The number of aliphatic hydroxyl groups is 3. The molecule has 33 heavy (non-hydrogen) atoms. The molecule has 188 valence electrons. The Hall–Kier alpha value is -0.330. The van der Waals surface area contributed by atoms with E-state index in [-0.39, 0.29) is 12.8 Å². The minimum atomic E-state index is -1.22. The van der Waals surface area contributed by atoms with Gasteiger partial charge in [-0.1, -0.05) is 13.4 Å². The summed E-state index contributed by atoms with van der Waals surface area (Å²) in [5.41, 5.74) is 8.93. The molecule has 0 bridgehead atoms. The summed E-state index contributed by atoms with van der Waals surface area (Å²) >= 11 is 7.33. The lowest BCUT2D eigenvalue weighted by molar-refractivity contribution is -0.345. The number of ether oxygens (including phenoxy) is 5. The van der Waals surface area contributed by atoms with Crippen LogP contribution < -0.4 is 0 Å². The summed E-state index contributed by atoms with van der Waals surface area (Å²) in [6.45, 7) is 5.58. The van der Waals surface area contributed by atoms with Gasteiger partial charge < -0.3 is 39.0 Å². The highest BCUT2D eigenvalue weighted by Gasteiger charge is 2.51. The van der Waals surface area contributed by atoms with Crippen LogP contribution in [0.4, 0.5) is 0 Å². The maximum Gasteiger partial charge on any atom is 0.373 e. The van der Waals surface area contributed by atoms with E-state index in [4.69, 9.17) is 38.8 Å². The highest BCUT2D eigenvalue weighted by molar-refractivity contribution is 8.11. The molecule has 3 rings (SSSR count). The van der Waals surface area contributed by atoms with E-state index in [1.807, 2.05) is 6.66 Å². The smallest absolute Gasteiger partial charge is 0.373 e. The van der Waals surface area contributed by atoms with Gasteiger partial charge in [0.2, 0.25) is 0 Å². The molecule has 0 aliphatic carbocycles. The largest absolute Gasteiger partial charge is 0.390 e. The third-order valence-corrected chi connectivity index (χ3v) is 7.53. The van der Waals surface area contributed by atoms with Gasteiger partial charge in [0.25, 0.3) is 0 Å². The van der Waals surface area contributed by atoms with Gasteiger partial charge >= 0.3 is 6.15 Å². The molecular formula is C16H27N3O10P2S2. The van der Waals surface area contributed by atoms with Crippen molar-refractivity contribution in [3.8, 4) is 0 Å². The maximum atomic E-state index is 10.8. The van der Waals surface area contributed by atoms with Gasteiger partial charge in [0, 0.05) is 27.3 Å². The lowest BCUT2D eigenvalue weighted by atomic mass is 9.94. The minimum absolute atomic E-state index is 0.200. The average Bonchev–Trinajstić information content (AvgIpc) is 2.80. The number of carbonyl (C=O) groups excluding carboxylic acids is 2. The first-order valence-electron chi connectivity index (χ1n) is 9.69. The van der Waals surface area contributed by atoms with Crippen molar-refractivity contribution in [2.45, 2.75) is 81.0 Å². The number of hydrogen-bond donors (Lipinski definition) is 3. The van der Waals surface area contributed by atoms with Crippen LogP contribution in [0, 0.1) is 0 Å². The SMILES string of the molecule is CPPC1OCC2O[C@@H](O[C@@H]3C(C)O[C@@H](C)C(O)[C@@H]3O)C(N=[N+]=[N-])[C@@H](O)[C@@H]2O1.O=C=O.S=S. The van der Waals surface area contributed by atoms with Crippen molar-refractivity contribution in [2.75, 3.05) is 13.3 Å². The zero-order valence-corrected chi connectivity index (χ0v) is 21.5. The monoisotopic (exact) mass is 547 g/mol. The van der Waals surface area contributed by atoms with E-state index < -0.39 is 67.2 Å². The molecule has 0 aromatic rings. The van der Waals surface area contributed by atoms with Gasteiger partial charge in [-0.05, 0) is 34.3 Å². The normalized spacial score (nSPS) is 42.8. The Morgan fingerprint density at radius 2 is 1.73 bits per heavy atom. The van der Waals surface area contributed by atoms with Crippen LogP contribution >= 0.6 is 16.5 Å². The second-order valence-corrected chi connectivity index (χ2v) is 10.7. The van der Waals surface area contributed by atoms with Crippen molar-refractivity contribution < 1.29 is 48.6 Å². The van der Waals surface area contributed by atoms with Crippen molar-refractivity contribution in [3.63, 3.8) is 0 Å². The van der Waals surface area contributed by atoms with Crippen LogP contribution in [0.3, 0.4) is 0 Å². The van der Waals surface area contributed by atoms with Crippen LogP contribution in [0.25, 0.3) is 10.4 Å². The maximum absolute atomic E-state index is 10.8. The summed E-state index contributed by atoms with van der Waals surface area (Å²) in [5.74, 6) is 0. The fraction of sp³-hybridized carbons (Fsp3) is 0.938. The first-order valence-corrected chi connectivity index (χ1v) is 14.6. The molecule has 0 aromatic heterocycles. The highest BCUT2D eigenvalue weighted by Crippen LogP contribution is 2.43. The number of fused-ring (bicyclic) bond motifs is 1. The van der Waals surface area contributed by atoms with Gasteiger partial charge in [0.15, 0.2) is 12.3 Å². The highest BCUT2D eigenvalue weighted by atomic mass is 32.8. The third kappa shape index (κ3) is 8.10. The Morgan fingerprint density at radius 3 is 2.30 bits per heavy atom. The van der Waals surface area contributed by atoms with Gasteiger partial charge in [0.1, 0.15) is 36.6 Å². The van der Waals surface area contributed by atoms with E-state index in [0.29, 0.717) is 16.5 Å². The van der Waals surface area contributed by atoms with Crippen molar-refractivity contribution in [1.29, 1.82) is 0 Å². The van der Waals surface area contributed by atoms with Gasteiger partial charge in [-0.15, -0.1) is 0 Å². The molecular weight excluding hydrogens is 520 g/mol. The zero-order valence-electron chi connectivity index (χ0n) is 17.9. The van der Waals surface area contributed by atoms with E-state index in [1.54, 1.807) is 13.8 Å². The van der Waals surface area contributed by atoms with Crippen molar-refractivity contribution in [2.24, 2.45) is 5.11 Å². The Labute approximate surface area is 203 Å². The Morgan fingerprint density at radius 1 is 1.09 bits per heavy atom. The number of nitrogens with zero attached hydrogens (tertiary/aromatic N) is 3. The Bertz CT molecular complexity index is 691. The number of aliphatic hydroxyl groups excluding tert-OH is 3. The summed E-state index contributed by atoms with van der Waals surface area (Å²) in [4.78, 5) is 19.0. The lowest BCUT2D eigenvalue weighted by Crippen LogP contribution is -2.64. The topological polar surface area (TPSA) is 190 Å². The molecule has 13 nitrogen and oxygen atoms in total. The predicted octanol–water partition coefficient (Wildman–Crippen LogP) is -0.322. The second-order valence-electron chi connectivity index (χ2n) is 7.10. The van der Waals surface area contributed by atoms with E-state index in [9.17, 15) is 15.3 Å². The molecule has 17 heteroatoms. The van der Waals surface area contributed by atoms with E-state index in [1.165, 1.54) is 0 Å². The van der Waals surface area contributed by atoms with Crippen molar-refractivity contribution in [1.82, 2.24) is 0 Å². The first-order chi connectivity index (χ1) is 15.8. The summed E-state index contributed by atoms with van der Waals surface area (Å²) in [7, 11) is 1.09. The fourth-order valence-electron chi connectivity index (χ4n) is 3.65. The van der Waals surface area contributed by atoms with Crippen molar-refractivity contribution in [3.05, 3.63) is 10.4 Å². The molecule has 3 aliphatic rings. The average molecular weight is 547 g/mol. The molecule has 3 aliphatic heterocycles. The van der Waals surface area contributed by atoms with Gasteiger partial charge in [-0.2, -0.15) is 9.59 Å². The van der Waals surface area contributed by atoms with Crippen LogP contribution in [0.2, 0.25) is 0 Å². The standard InChI is InChI=1S/C15H27N3O8P2.CO2.S2/c1-5-9(19)11(21)12(6(2)23-5)25-14-8(17-18-16)10(20)13-7(24-14)4-22-15(26-13)28-27-3;2-1-3;1-2/h5-15,19-21,27-28H,4H2,1-3H3;;/t5-,6?,7?,8?,9?,10+,11-,12+,13+,14-,15?;;/m0../s1. The molecule has 0 amide bonds. The zero-order chi connectivity index (χ0) is 25.1. The summed E-state index contributed by atoms with van der Waals surface area (Å²) in [6, 6.07) is -1.51. The van der Waals surface area contributed by atoms with Crippen molar-refractivity contribution >= 4 is 45.1 Å². The van der Waals surface area contributed by atoms with Gasteiger partial charge in [0.05, 0.1) is 24.9 Å². The third-order valence-electron chi connectivity index (χ3n) is 5.13. The van der Waals surface area contributed by atoms with E-state index in [0.717, 1.165) is 0 Å². The van der Waals surface area contributed by atoms with Crippen LogP contribution in [-0.2, 0) is 55.6 Å². The molecule has 0 radical (unpaired) electrons. The van der Waals surface area contributed by atoms with E-state index in [2.05, 4.69) is 32.4 Å². The van der Waals surface area contributed by atoms with Crippen LogP contribution in [0.5, 0.6) is 0 Å². The Kier molecular flexibility index (Phi) is 14.5. The van der Waals surface area contributed by atoms with Gasteiger partial charge in [-0.3, -0.25) is 0 Å². The molecule has 3 N–H and O–H groups in total. The number of rotatable bonds is 5. The molecule has 3 saturated heterocycles. The summed E-state index contributed by atoms with van der Waals surface area (Å²) < 4.78 is 28.7. The lowest BCUT2D eigenvalue weighted by Gasteiger charge is -2.48. The molecule has 7 unspecified atom stereocenters. The van der Waals surface area contributed by atoms with Crippen LogP contribution in [-0.4, -0.2) is 102 Å². The number of hydrogen-bond acceptors (Lipinski definition) is 13. The minimum Gasteiger partial charge on any atom is -0.390 e. The molecule has 0 spiro atoms. The molecule has 0 aromatic carbocycles. The van der Waals surface area contributed by atoms with Crippen LogP contribution in [0.15, 0.2) is 5.11 Å². The van der Waals surface area contributed by atoms with Crippen LogP contribution in [0.1, 0.15) is 13.8 Å².